The van der Waals surface area contributed by atoms with Crippen LogP contribution in [0.1, 0.15) is 36.5 Å². The minimum absolute atomic E-state index is 0.145. The molecule has 2 atom stereocenters. The molecule has 112 valence electrons. The van der Waals surface area contributed by atoms with Crippen LogP contribution >= 0.6 is 0 Å². The summed E-state index contributed by atoms with van der Waals surface area (Å²) in [5, 5.41) is 20.8. The summed E-state index contributed by atoms with van der Waals surface area (Å²) < 4.78 is 39.9. The Morgan fingerprint density at radius 2 is 2.14 bits per heavy atom. The van der Waals surface area contributed by atoms with Crippen molar-refractivity contribution >= 4 is 5.91 Å². The maximum atomic E-state index is 13.7. The second-order valence-corrected chi connectivity index (χ2v) is 5.21. The molecular formula is C14H13F3N2O2. The number of amides is 1. The van der Waals surface area contributed by atoms with Crippen molar-refractivity contribution in [3.63, 3.8) is 0 Å². The first-order valence-electron chi connectivity index (χ1n) is 6.42. The van der Waals surface area contributed by atoms with Gasteiger partial charge in [-0.3, -0.25) is 4.79 Å². The van der Waals surface area contributed by atoms with Gasteiger partial charge in [0, 0.05) is 0 Å². The van der Waals surface area contributed by atoms with E-state index in [0.717, 1.165) is 12.8 Å². The average Bonchev–Trinajstić information content (AvgIpc) is 2.82. The fourth-order valence-corrected chi connectivity index (χ4v) is 2.59. The Kier molecular flexibility index (Phi) is 3.81. The number of hydrogen-bond donors (Lipinski definition) is 2. The van der Waals surface area contributed by atoms with E-state index >= 15 is 0 Å². The van der Waals surface area contributed by atoms with Gasteiger partial charge in [0.05, 0.1) is 11.6 Å². The van der Waals surface area contributed by atoms with Gasteiger partial charge in [-0.2, -0.15) is 9.65 Å². The van der Waals surface area contributed by atoms with Crippen molar-refractivity contribution in [2.24, 2.45) is 5.92 Å². The lowest BCUT2D eigenvalue weighted by Crippen LogP contribution is -2.49. The van der Waals surface area contributed by atoms with Crippen LogP contribution < -0.4 is 5.32 Å². The van der Waals surface area contributed by atoms with Crippen molar-refractivity contribution in [2.75, 3.05) is 0 Å². The first-order valence-corrected chi connectivity index (χ1v) is 6.42. The number of nitriles is 1. The highest BCUT2D eigenvalue weighted by Gasteiger charge is 2.42. The second-order valence-electron chi connectivity index (χ2n) is 5.21. The van der Waals surface area contributed by atoms with Gasteiger partial charge in [0.2, 0.25) is 5.82 Å². The molecule has 0 aromatic heterocycles. The zero-order chi connectivity index (χ0) is 15.8. The van der Waals surface area contributed by atoms with Crippen LogP contribution in [0.25, 0.3) is 0 Å². The normalized spacial score (nSPS) is 24.6. The maximum Gasteiger partial charge on any atom is 0.255 e. The zero-order valence-corrected chi connectivity index (χ0v) is 11.2. The lowest BCUT2D eigenvalue weighted by molar-refractivity contribution is 0.0900. The monoisotopic (exact) mass is 298 g/mol. The van der Waals surface area contributed by atoms with Crippen LogP contribution in [0, 0.1) is 34.7 Å². The summed E-state index contributed by atoms with van der Waals surface area (Å²) in [6.07, 6.45) is 1.84. The summed E-state index contributed by atoms with van der Waals surface area (Å²) in [6, 6.07) is 2.37. The van der Waals surface area contributed by atoms with E-state index in [1.807, 2.05) is 6.07 Å². The molecule has 0 saturated heterocycles. The van der Waals surface area contributed by atoms with Gasteiger partial charge in [0.25, 0.3) is 5.91 Å². The highest BCUT2D eigenvalue weighted by atomic mass is 19.2. The summed E-state index contributed by atoms with van der Waals surface area (Å²) in [6.45, 7) is 1.77. The van der Waals surface area contributed by atoms with Crippen LogP contribution in [0.15, 0.2) is 6.07 Å². The fourth-order valence-electron chi connectivity index (χ4n) is 2.59. The quantitative estimate of drug-likeness (QED) is 0.824. The maximum absolute atomic E-state index is 13.7. The summed E-state index contributed by atoms with van der Waals surface area (Å²) >= 11 is 0. The smallest absolute Gasteiger partial charge is 0.255 e. The van der Waals surface area contributed by atoms with Gasteiger partial charge in [-0.25, -0.2) is 8.78 Å². The number of phenolic OH excluding ortho intramolecular Hbond substituents is 1. The minimum atomic E-state index is -1.76. The third-order valence-electron chi connectivity index (χ3n) is 3.96. The van der Waals surface area contributed by atoms with E-state index in [4.69, 9.17) is 5.11 Å². The highest BCUT2D eigenvalue weighted by molar-refractivity contribution is 5.95. The summed E-state index contributed by atoms with van der Waals surface area (Å²) in [5.74, 6) is -7.60. The second kappa shape index (κ2) is 5.28. The molecule has 0 spiro atoms. The number of hydrogen-bond acceptors (Lipinski definition) is 3. The molecule has 0 aliphatic heterocycles. The fraction of sp³-hybridized carbons (Fsp3) is 0.429. The van der Waals surface area contributed by atoms with Crippen molar-refractivity contribution < 1.29 is 23.1 Å². The van der Waals surface area contributed by atoms with E-state index in [0.29, 0.717) is 12.5 Å². The highest BCUT2D eigenvalue weighted by Crippen LogP contribution is 2.35. The Labute approximate surface area is 119 Å². The van der Waals surface area contributed by atoms with E-state index in [-0.39, 0.29) is 5.92 Å². The molecule has 7 heteroatoms. The number of benzene rings is 1. The third-order valence-corrected chi connectivity index (χ3v) is 3.96. The largest absolute Gasteiger partial charge is 0.503 e. The molecule has 2 N–H and O–H groups in total. The van der Waals surface area contributed by atoms with Crippen molar-refractivity contribution in [1.29, 1.82) is 5.26 Å². The van der Waals surface area contributed by atoms with Gasteiger partial charge in [-0.05, 0) is 31.2 Å². The zero-order valence-electron chi connectivity index (χ0n) is 11.2. The summed E-state index contributed by atoms with van der Waals surface area (Å²) in [4.78, 5) is 12.0. The van der Waals surface area contributed by atoms with Crippen molar-refractivity contribution in [2.45, 2.75) is 31.7 Å². The Morgan fingerprint density at radius 3 is 2.67 bits per heavy atom. The van der Waals surface area contributed by atoms with E-state index in [1.165, 1.54) is 0 Å². The molecule has 2 rings (SSSR count). The molecule has 0 radical (unpaired) electrons. The van der Waals surface area contributed by atoms with Crippen LogP contribution in [-0.2, 0) is 0 Å². The van der Waals surface area contributed by atoms with E-state index in [2.05, 4.69) is 5.32 Å². The molecule has 4 nitrogen and oxygen atoms in total. The first kappa shape index (κ1) is 15.2. The van der Waals surface area contributed by atoms with Crippen LogP contribution in [0.5, 0.6) is 5.75 Å². The number of carbonyl (C=O) groups excluding carboxylic acids is 1. The van der Waals surface area contributed by atoms with E-state index < -0.39 is 40.2 Å². The van der Waals surface area contributed by atoms with Crippen LogP contribution in [0.3, 0.4) is 0 Å². The van der Waals surface area contributed by atoms with Crippen LogP contribution in [0.2, 0.25) is 0 Å². The lowest BCUT2D eigenvalue weighted by Gasteiger charge is -2.27. The summed E-state index contributed by atoms with van der Waals surface area (Å²) in [5.41, 5.74) is -2.00. The van der Waals surface area contributed by atoms with Crippen LogP contribution in [-0.4, -0.2) is 16.6 Å². The number of aromatic hydroxyl groups is 1. The molecule has 0 bridgehead atoms. The van der Waals surface area contributed by atoms with Gasteiger partial charge >= 0.3 is 0 Å². The molecular weight excluding hydrogens is 285 g/mol. The summed E-state index contributed by atoms with van der Waals surface area (Å²) in [7, 11) is 0. The Balaban J connectivity index is 2.36. The van der Waals surface area contributed by atoms with Gasteiger partial charge in [0.1, 0.15) is 5.54 Å². The SMILES string of the molecule is C[C@H]1CCC[C@@]1(C#N)NC(=O)c1cc(F)c(F)c(O)c1F. The predicted octanol–water partition coefficient (Wildman–Crippen LogP) is 2.62. The van der Waals surface area contributed by atoms with E-state index in [9.17, 15) is 23.2 Å². The molecule has 1 aromatic rings. The average molecular weight is 298 g/mol. The minimum Gasteiger partial charge on any atom is -0.503 e. The molecule has 1 saturated carbocycles. The lowest BCUT2D eigenvalue weighted by atomic mass is 9.89. The molecule has 1 aromatic carbocycles. The van der Waals surface area contributed by atoms with Crippen molar-refractivity contribution in [3.8, 4) is 11.8 Å². The number of nitrogens with one attached hydrogen (secondary N) is 1. The molecule has 1 aliphatic carbocycles. The molecule has 21 heavy (non-hydrogen) atoms. The van der Waals surface area contributed by atoms with Gasteiger partial charge in [-0.15, -0.1) is 0 Å². The van der Waals surface area contributed by atoms with E-state index in [1.54, 1.807) is 6.92 Å². The van der Waals surface area contributed by atoms with Gasteiger partial charge < -0.3 is 10.4 Å². The van der Waals surface area contributed by atoms with Crippen LogP contribution in [0.4, 0.5) is 13.2 Å². The number of phenols is 1. The standard InChI is InChI=1S/C14H13F3N2O2/c1-7-3-2-4-14(7,6-18)19-13(21)8-5-9(15)11(17)12(20)10(8)16/h5,7,20H,2-4H2,1H3,(H,19,21)/t7-,14-/m0/s1. The number of halogens is 3. The molecule has 1 fully saturated rings. The molecule has 0 heterocycles. The Hall–Kier alpha value is -2.23. The van der Waals surface area contributed by atoms with Crippen molar-refractivity contribution in [3.05, 3.63) is 29.1 Å². The molecule has 1 amide bonds. The molecule has 1 aliphatic rings. The van der Waals surface area contributed by atoms with Gasteiger partial charge in [0.15, 0.2) is 17.4 Å². The van der Waals surface area contributed by atoms with Gasteiger partial charge in [-0.1, -0.05) is 6.92 Å². The Morgan fingerprint density at radius 1 is 1.48 bits per heavy atom. The topological polar surface area (TPSA) is 73.1 Å². The van der Waals surface area contributed by atoms with Crippen molar-refractivity contribution in [1.82, 2.24) is 5.32 Å². The molecule has 0 unspecified atom stereocenters. The Bertz CT molecular complexity index is 642. The number of carbonyl (C=O) groups is 1. The first-order chi connectivity index (χ1) is 9.82. The predicted molar refractivity (Wildman–Crippen MR) is 66.8 cm³/mol. The number of rotatable bonds is 2. The third kappa shape index (κ3) is 2.42. The number of nitrogens with zero attached hydrogens (tertiary/aromatic N) is 1.